The van der Waals surface area contributed by atoms with Gasteiger partial charge in [0.25, 0.3) is 0 Å². The molecule has 0 spiro atoms. The molecule has 0 amide bonds. The van der Waals surface area contributed by atoms with E-state index in [4.69, 9.17) is 10.5 Å². The van der Waals surface area contributed by atoms with Crippen LogP contribution in [0.2, 0.25) is 0 Å². The molecule has 0 radical (unpaired) electrons. The van der Waals surface area contributed by atoms with Crippen molar-refractivity contribution in [3.63, 3.8) is 0 Å². The van der Waals surface area contributed by atoms with E-state index in [1.807, 2.05) is 24.3 Å². The van der Waals surface area contributed by atoms with Crippen LogP contribution in [-0.4, -0.2) is 35.9 Å². The van der Waals surface area contributed by atoms with E-state index in [1.54, 1.807) is 0 Å². The molecule has 2 aromatic rings. The lowest BCUT2D eigenvalue weighted by Gasteiger charge is -2.06. The van der Waals surface area contributed by atoms with Crippen LogP contribution >= 0.6 is 15.9 Å². The van der Waals surface area contributed by atoms with E-state index in [1.165, 1.54) is 18.9 Å². The molecule has 1 heterocycles. The summed E-state index contributed by atoms with van der Waals surface area (Å²) in [6.45, 7) is 0.263. The second-order valence-electron chi connectivity index (χ2n) is 4.38. The summed E-state index contributed by atoms with van der Waals surface area (Å²) in [4.78, 5) is 23.6. The fourth-order valence-corrected chi connectivity index (χ4v) is 2.18. The number of aromatic nitrogens is 2. The smallest absolute Gasteiger partial charge is 0.360 e. The average molecular weight is 368 g/mol. The zero-order chi connectivity index (χ0) is 16.3. The van der Waals surface area contributed by atoms with Gasteiger partial charge in [-0.1, -0.05) is 28.1 Å². The van der Waals surface area contributed by atoms with Crippen molar-refractivity contribution in [2.75, 3.05) is 20.0 Å². The molecule has 0 bridgehead atoms. The number of carbonyl (C=O) groups is 2. The Hall–Kier alpha value is -2.35. The van der Waals surface area contributed by atoms with Crippen molar-refractivity contribution in [2.24, 2.45) is 0 Å². The molecule has 7 nitrogen and oxygen atoms in total. The Kier molecular flexibility index (Phi) is 4.81. The van der Waals surface area contributed by atoms with Gasteiger partial charge < -0.3 is 15.2 Å². The SMILES string of the molecule is COC(=O)c1nn(Cc2ccc(Br)cc2)c(C(=O)OC)c1N. The Bertz CT molecular complexity index is 710. The van der Waals surface area contributed by atoms with E-state index in [0.717, 1.165) is 10.0 Å². The van der Waals surface area contributed by atoms with E-state index in [9.17, 15) is 9.59 Å². The number of hydrogen-bond donors (Lipinski definition) is 1. The average Bonchev–Trinajstić information content (AvgIpc) is 2.84. The number of ether oxygens (including phenoxy) is 2. The zero-order valence-corrected chi connectivity index (χ0v) is 13.6. The molecule has 8 heteroatoms. The van der Waals surface area contributed by atoms with Crippen LogP contribution in [0, 0.1) is 0 Å². The van der Waals surface area contributed by atoms with E-state index >= 15 is 0 Å². The quantitative estimate of drug-likeness (QED) is 0.828. The second-order valence-corrected chi connectivity index (χ2v) is 5.29. The molecule has 0 aliphatic heterocycles. The number of esters is 2. The third-order valence-corrected chi connectivity index (χ3v) is 3.52. The van der Waals surface area contributed by atoms with Crippen LogP contribution in [0.4, 0.5) is 5.69 Å². The molecule has 116 valence electrons. The van der Waals surface area contributed by atoms with Crippen LogP contribution in [0.15, 0.2) is 28.7 Å². The van der Waals surface area contributed by atoms with E-state index in [0.29, 0.717) is 0 Å². The molecule has 2 N–H and O–H groups in total. The topological polar surface area (TPSA) is 96.4 Å². The number of rotatable bonds is 4. The van der Waals surface area contributed by atoms with Gasteiger partial charge in [0.1, 0.15) is 5.69 Å². The summed E-state index contributed by atoms with van der Waals surface area (Å²) in [5, 5.41) is 4.07. The summed E-state index contributed by atoms with van der Waals surface area (Å²) >= 11 is 3.35. The molecule has 0 saturated carbocycles. The minimum Gasteiger partial charge on any atom is -0.464 e. The lowest BCUT2D eigenvalue weighted by atomic mass is 10.2. The zero-order valence-electron chi connectivity index (χ0n) is 12.0. The molecule has 0 unspecified atom stereocenters. The molecule has 2 rings (SSSR count). The Morgan fingerprint density at radius 3 is 2.32 bits per heavy atom. The molecule has 0 atom stereocenters. The van der Waals surface area contributed by atoms with E-state index in [-0.39, 0.29) is 23.6 Å². The minimum atomic E-state index is -0.711. The maximum Gasteiger partial charge on any atom is 0.360 e. The number of halogens is 1. The van der Waals surface area contributed by atoms with Crippen LogP contribution in [0.25, 0.3) is 0 Å². The lowest BCUT2D eigenvalue weighted by Crippen LogP contribution is -2.14. The van der Waals surface area contributed by atoms with Crippen molar-refractivity contribution in [1.29, 1.82) is 0 Å². The van der Waals surface area contributed by atoms with Gasteiger partial charge in [-0.25, -0.2) is 9.59 Å². The molecule has 22 heavy (non-hydrogen) atoms. The molecule has 0 fully saturated rings. The summed E-state index contributed by atoms with van der Waals surface area (Å²) in [6, 6.07) is 7.45. The van der Waals surface area contributed by atoms with Gasteiger partial charge >= 0.3 is 11.9 Å². The summed E-state index contributed by atoms with van der Waals surface area (Å²) in [5.74, 6) is -1.38. The first-order valence-corrected chi connectivity index (χ1v) is 7.04. The number of hydrogen-bond acceptors (Lipinski definition) is 6. The maximum absolute atomic E-state index is 11.9. The van der Waals surface area contributed by atoms with Gasteiger partial charge in [0.05, 0.1) is 20.8 Å². The van der Waals surface area contributed by atoms with Gasteiger partial charge in [-0.05, 0) is 17.7 Å². The number of methoxy groups -OCH3 is 2. The second kappa shape index (κ2) is 6.61. The fourth-order valence-electron chi connectivity index (χ4n) is 1.91. The number of benzene rings is 1. The van der Waals surface area contributed by atoms with Crippen molar-refractivity contribution in [3.8, 4) is 0 Å². The normalized spacial score (nSPS) is 10.3. The standard InChI is InChI=1S/C14H14BrN3O4/c1-21-13(19)11-10(16)12(14(20)22-2)18(17-11)7-8-3-5-9(15)6-4-8/h3-6H,7,16H2,1-2H3. The van der Waals surface area contributed by atoms with Gasteiger partial charge in [0.15, 0.2) is 11.4 Å². The molecular formula is C14H14BrN3O4. The number of carbonyl (C=O) groups excluding carboxylic acids is 2. The lowest BCUT2D eigenvalue weighted by molar-refractivity contribution is 0.0581. The first-order chi connectivity index (χ1) is 10.5. The Labute approximate surface area is 135 Å². The maximum atomic E-state index is 11.9. The molecular weight excluding hydrogens is 354 g/mol. The fraction of sp³-hybridized carbons (Fsp3) is 0.214. The Balaban J connectivity index is 2.46. The first kappa shape index (κ1) is 16.0. The van der Waals surface area contributed by atoms with Crippen LogP contribution < -0.4 is 5.73 Å². The number of anilines is 1. The third kappa shape index (κ3) is 3.11. The van der Waals surface area contributed by atoms with Crippen LogP contribution in [0.3, 0.4) is 0 Å². The highest BCUT2D eigenvalue weighted by atomic mass is 79.9. The predicted molar refractivity (Wildman–Crippen MR) is 82.6 cm³/mol. The van der Waals surface area contributed by atoms with Crippen molar-refractivity contribution in [2.45, 2.75) is 6.54 Å². The molecule has 1 aromatic heterocycles. The van der Waals surface area contributed by atoms with Crippen molar-refractivity contribution < 1.29 is 19.1 Å². The van der Waals surface area contributed by atoms with Gasteiger partial charge in [0.2, 0.25) is 0 Å². The Morgan fingerprint density at radius 1 is 1.18 bits per heavy atom. The van der Waals surface area contributed by atoms with Gasteiger partial charge in [-0.2, -0.15) is 5.10 Å². The highest BCUT2D eigenvalue weighted by Crippen LogP contribution is 2.21. The highest BCUT2D eigenvalue weighted by molar-refractivity contribution is 9.10. The molecule has 0 aliphatic rings. The summed E-state index contributed by atoms with van der Waals surface area (Å²) in [7, 11) is 2.45. The summed E-state index contributed by atoms with van der Waals surface area (Å²) in [6.07, 6.45) is 0. The van der Waals surface area contributed by atoms with Crippen LogP contribution in [0.5, 0.6) is 0 Å². The summed E-state index contributed by atoms with van der Waals surface area (Å²) < 4.78 is 11.6. The first-order valence-electron chi connectivity index (χ1n) is 6.25. The molecule has 1 aromatic carbocycles. The van der Waals surface area contributed by atoms with Crippen molar-refractivity contribution >= 4 is 33.6 Å². The van der Waals surface area contributed by atoms with Crippen molar-refractivity contribution in [3.05, 3.63) is 45.7 Å². The third-order valence-electron chi connectivity index (χ3n) is 2.99. The largest absolute Gasteiger partial charge is 0.464 e. The minimum absolute atomic E-state index is 0.0193. The van der Waals surface area contributed by atoms with E-state index in [2.05, 4.69) is 25.8 Å². The van der Waals surface area contributed by atoms with Crippen molar-refractivity contribution in [1.82, 2.24) is 9.78 Å². The molecule has 0 saturated heterocycles. The molecule has 0 aliphatic carbocycles. The van der Waals surface area contributed by atoms with Gasteiger partial charge in [-0.15, -0.1) is 0 Å². The van der Waals surface area contributed by atoms with Crippen LogP contribution in [0.1, 0.15) is 26.5 Å². The number of nitrogens with two attached hydrogens (primary N) is 1. The van der Waals surface area contributed by atoms with Gasteiger partial charge in [-0.3, -0.25) is 4.68 Å². The summed E-state index contributed by atoms with van der Waals surface area (Å²) in [5.41, 5.74) is 6.57. The number of nitrogens with zero attached hydrogens (tertiary/aromatic N) is 2. The predicted octanol–water partition coefficient (Wildman–Crippen LogP) is 1.85. The number of nitrogen functional groups attached to an aromatic ring is 1. The van der Waals surface area contributed by atoms with E-state index < -0.39 is 11.9 Å². The van der Waals surface area contributed by atoms with Crippen LogP contribution in [-0.2, 0) is 16.0 Å². The Morgan fingerprint density at radius 2 is 1.77 bits per heavy atom. The monoisotopic (exact) mass is 367 g/mol. The highest BCUT2D eigenvalue weighted by Gasteiger charge is 2.26. The van der Waals surface area contributed by atoms with Gasteiger partial charge in [0, 0.05) is 4.47 Å².